The van der Waals surface area contributed by atoms with Crippen molar-refractivity contribution >= 4 is 17.6 Å². The topological polar surface area (TPSA) is 99.3 Å². The molecule has 2 aromatic rings. The summed E-state index contributed by atoms with van der Waals surface area (Å²) in [6.45, 7) is 8.11. The first-order valence-corrected chi connectivity index (χ1v) is 12.0. The second-order valence-corrected chi connectivity index (χ2v) is 10.5. The summed E-state index contributed by atoms with van der Waals surface area (Å²) in [5, 5.41) is 17.6. The minimum Gasteiger partial charge on any atom is -0.569 e. The number of esters is 1. The van der Waals surface area contributed by atoms with Crippen molar-refractivity contribution in [2.45, 2.75) is 58.8 Å². The zero-order valence-electron chi connectivity index (χ0n) is 20.7. The number of aryl methyl sites for hydroxylation is 1. The van der Waals surface area contributed by atoms with Crippen LogP contribution >= 0.6 is 11.6 Å². The van der Waals surface area contributed by atoms with Gasteiger partial charge in [-0.3, -0.25) is 9.78 Å². The molecule has 3 atom stereocenters. The van der Waals surface area contributed by atoms with Crippen LogP contribution in [0.4, 0.5) is 0 Å². The first-order chi connectivity index (χ1) is 16.6. The third kappa shape index (κ3) is 5.67. The van der Waals surface area contributed by atoms with Gasteiger partial charge in [0.1, 0.15) is 12.7 Å². The molecule has 9 nitrogen and oxygen atoms in total. The molecular formula is C25H31ClN4O5. The zero-order chi connectivity index (χ0) is 25.3. The average Bonchev–Trinajstić information content (AvgIpc) is 3.47. The molecule has 35 heavy (non-hydrogen) atoms. The van der Waals surface area contributed by atoms with E-state index < -0.39 is 0 Å². The number of hydrazine groups is 1. The highest BCUT2D eigenvalue weighted by Crippen LogP contribution is 2.45. The van der Waals surface area contributed by atoms with E-state index in [1.807, 2.05) is 52.0 Å². The summed E-state index contributed by atoms with van der Waals surface area (Å²) in [4.78, 5) is 22.9. The van der Waals surface area contributed by atoms with E-state index in [-0.39, 0.29) is 36.1 Å². The Morgan fingerprint density at radius 2 is 2.06 bits per heavy atom. The van der Waals surface area contributed by atoms with Crippen molar-refractivity contribution in [1.29, 1.82) is 0 Å². The van der Waals surface area contributed by atoms with Gasteiger partial charge in [0.05, 0.1) is 35.8 Å². The molecular weight excluding hydrogens is 472 g/mol. The zero-order valence-corrected chi connectivity index (χ0v) is 21.4. The number of hydrogen-bond acceptors (Lipinski definition) is 7. The normalized spacial score (nSPS) is 21.4. The van der Waals surface area contributed by atoms with Crippen molar-refractivity contribution in [2.75, 3.05) is 13.7 Å². The molecule has 2 aliphatic rings. The third-order valence-electron chi connectivity index (χ3n) is 6.56. The van der Waals surface area contributed by atoms with Gasteiger partial charge in [0.25, 0.3) is 0 Å². The predicted octanol–water partition coefficient (Wildman–Crippen LogP) is 5.13. The quantitative estimate of drug-likeness (QED) is 0.162. The monoisotopic (exact) mass is 502 g/mol. The standard InChI is InChI=1S/C25H31ClN4O5/c1-15-22(21-14-33-23(20(21)13-27-15)16-6-8-18(26)9-7-16)35-24(31)19-12-17(19)10-11-34-28-30(32)29(5)25(2,3)4/h6-9,13,17,19,23H,10-12,14H2,1-5H3/b30-28-/t17-,19+,23+/m1/s1. The van der Waals surface area contributed by atoms with E-state index in [2.05, 4.69) is 10.3 Å². The highest BCUT2D eigenvalue weighted by molar-refractivity contribution is 6.30. The Bertz CT molecular complexity index is 1120. The fraction of sp³-hybridized carbons (Fsp3) is 0.520. The van der Waals surface area contributed by atoms with Gasteiger partial charge in [-0.15, -0.1) is 5.01 Å². The Labute approximate surface area is 210 Å². The third-order valence-corrected chi connectivity index (χ3v) is 6.81. The van der Waals surface area contributed by atoms with Crippen LogP contribution < -0.4 is 4.74 Å². The highest BCUT2D eigenvalue weighted by atomic mass is 35.5. The number of pyridine rings is 1. The lowest BCUT2D eigenvalue weighted by Gasteiger charge is -2.26. The van der Waals surface area contributed by atoms with Crippen molar-refractivity contribution in [1.82, 2.24) is 9.99 Å². The van der Waals surface area contributed by atoms with Crippen LogP contribution in [-0.4, -0.2) is 40.1 Å². The lowest BCUT2D eigenvalue weighted by molar-refractivity contribution is -0.719. The molecule has 10 heteroatoms. The van der Waals surface area contributed by atoms with E-state index in [1.165, 1.54) is 5.01 Å². The van der Waals surface area contributed by atoms with E-state index in [9.17, 15) is 10.0 Å². The molecule has 1 aliphatic heterocycles. The van der Waals surface area contributed by atoms with Crippen LogP contribution in [0.5, 0.6) is 5.75 Å². The molecule has 2 heterocycles. The number of carbonyl (C=O) groups excluding carboxylic acids is 1. The van der Waals surface area contributed by atoms with Crippen molar-refractivity contribution in [3.63, 3.8) is 0 Å². The lowest BCUT2D eigenvalue weighted by atomic mass is 10.0. The molecule has 188 valence electrons. The first kappa shape index (κ1) is 25.2. The maximum Gasteiger partial charge on any atom is 0.314 e. The molecule has 1 saturated carbocycles. The number of hydrogen-bond donors (Lipinski definition) is 0. The van der Waals surface area contributed by atoms with Crippen LogP contribution in [-0.2, 0) is 21.0 Å². The fourth-order valence-electron chi connectivity index (χ4n) is 3.97. The molecule has 1 aromatic heterocycles. The summed E-state index contributed by atoms with van der Waals surface area (Å²) in [5.74, 6) is 0.135. The Hall–Kier alpha value is -2.91. The van der Waals surface area contributed by atoms with Crippen LogP contribution in [0.2, 0.25) is 5.02 Å². The number of aromatic nitrogens is 1. The summed E-state index contributed by atoms with van der Waals surface area (Å²) in [6.07, 6.45) is 2.84. The number of rotatable bonds is 8. The molecule has 0 amide bonds. The van der Waals surface area contributed by atoms with Crippen molar-refractivity contribution < 1.29 is 24.1 Å². The molecule has 0 radical (unpaired) electrons. The number of benzene rings is 1. The maximum absolute atomic E-state index is 12.8. The summed E-state index contributed by atoms with van der Waals surface area (Å²) in [7, 11) is 1.65. The molecule has 0 unspecified atom stereocenters. The summed E-state index contributed by atoms with van der Waals surface area (Å²) >= 11 is 6.01. The van der Waals surface area contributed by atoms with Gasteiger partial charge in [-0.1, -0.05) is 23.7 Å². The van der Waals surface area contributed by atoms with Gasteiger partial charge in [-0.05, 0) is 64.2 Å². The van der Waals surface area contributed by atoms with Crippen molar-refractivity contribution in [3.05, 3.63) is 63.1 Å². The number of fused-ring (bicyclic) bond motifs is 1. The molecule has 4 rings (SSSR count). The summed E-state index contributed by atoms with van der Waals surface area (Å²) < 4.78 is 11.8. The highest BCUT2D eigenvalue weighted by Gasteiger charge is 2.45. The number of carbonyl (C=O) groups is 1. The Morgan fingerprint density at radius 1 is 1.34 bits per heavy atom. The Balaban J connectivity index is 1.33. The molecule has 1 fully saturated rings. The first-order valence-electron chi connectivity index (χ1n) is 11.7. The van der Waals surface area contributed by atoms with Gasteiger partial charge in [0.15, 0.2) is 5.75 Å². The largest absolute Gasteiger partial charge is 0.569 e. The molecule has 0 bridgehead atoms. The van der Waals surface area contributed by atoms with Crippen molar-refractivity contribution in [2.24, 2.45) is 17.1 Å². The van der Waals surface area contributed by atoms with E-state index in [1.54, 1.807) is 13.2 Å². The number of halogens is 1. The van der Waals surface area contributed by atoms with Gasteiger partial charge in [-0.25, -0.2) is 0 Å². The van der Waals surface area contributed by atoms with Crippen molar-refractivity contribution in [3.8, 4) is 5.75 Å². The van der Waals surface area contributed by atoms with Gasteiger partial charge < -0.3 is 19.5 Å². The van der Waals surface area contributed by atoms with E-state index in [0.29, 0.717) is 34.5 Å². The van der Waals surface area contributed by atoms with Crippen LogP contribution in [0, 0.1) is 24.0 Å². The van der Waals surface area contributed by atoms with E-state index in [0.717, 1.165) is 23.1 Å². The van der Waals surface area contributed by atoms with E-state index >= 15 is 0 Å². The maximum atomic E-state index is 12.8. The van der Waals surface area contributed by atoms with E-state index in [4.69, 9.17) is 25.9 Å². The van der Waals surface area contributed by atoms with Gasteiger partial charge in [0.2, 0.25) is 5.28 Å². The Kier molecular flexibility index (Phi) is 7.19. The molecule has 0 spiro atoms. The molecule has 1 aromatic carbocycles. The molecule has 0 N–H and O–H groups in total. The smallest absolute Gasteiger partial charge is 0.314 e. The van der Waals surface area contributed by atoms with Crippen LogP contribution in [0.25, 0.3) is 0 Å². The van der Waals surface area contributed by atoms with Gasteiger partial charge in [0, 0.05) is 22.3 Å². The number of nitrogens with zero attached hydrogens (tertiary/aromatic N) is 4. The molecule has 1 aliphatic carbocycles. The average molecular weight is 503 g/mol. The van der Waals surface area contributed by atoms with Crippen LogP contribution in [0.1, 0.15) is 62.1 Å². The minimum atomic E-state index is -0.371. The van der Waals surface area contributed by atoms with Gasteiger partial charge in [-0.2, -0.15) is 0 Å². The van der Waals surface area contributed by atoms with Gasteiger partial charge >= 0.3 is 5.97 Å². The summed E-state index contributed by atoms with van der Waals surface area (Å²) in [6, 6.07) is 7.49. The SMILES string of the molecule is Cc1ncc2c(c1OC(=O)[C@H]1C[C@H]1CCO/N=[N+](\[O-])N(C)C(C)(C)C)CO[C@H]2c1ccc(Cl)cc1. The fourth-order valence-corrected chi connectivity index (χ4v) is 4.10. The summed E-state index contributed by atoms with van der Waals surface area (Å²) in [5.41, 5.74) is 2.99. The Morgan fingerprint density at radius 3 is 2.74 bits per heavy atom. The molecule has 0 saturated heterocycles. The predicted molar refractivity (Wildman–Crippen MR) is 128 cm³/mol. The number of ether oxygens (including phenoxy) is 2. The van der Waals surface area contributed by atoms with Crippen LogP contribution in [0.15, 0.2) is 35.7 Å². The second-order valence-electron chi connectivity index (χ2n) is 10.0. The lowest BCUT2D eigenvalue weighted by Crippen LogP contribution is -2.42. The van der Waals surface area contributed by atoms with Crippen LogP contribution in [0.3, 0.4) is 0 Å². The second kappa shape index (κ2) is 9.99. The minimum absolute atomic E-state index is 0.140.